The number of benzene rings is 2. The lowest BCUT2D eigenvalue weighted by atomic mass is 10.2. The Morgan fingerprint density at radius 1 is 1.13 bits per heavy atom. The molecule has 0 unspecified atom stereocenters. The van der Waals surface area contributed by atoms with Crippen LogP contribution in [0.5, 0.6) is 0 Å². The van der Waals surface area contributed by atoms with Crippen LogP contribution in [0.25, 0.3) is 16.6 Å². The maximum Gasteiger partial charge on any atom is 0.274 e. The van der Waals surface area contributed by atoms with Gasteiger partial charge in [-0.1, -0.05) is 36.2 Å². The smallest absolute Gasteiger partial charge is 0.274 e. The standard InChI is InChI=1S/C22H19Cl2N5O2/c1-2-9-28(13-20-25-19-12-15(24)6-7-17(19)21(30)26-20)22(31)18-8-10-29(27-18)16-5-3-4-14(23)11-16/h3-8,10-12H,2,9,13H2,1H3,(H,25,26,30). The first kappa shape index (κ1) is 21.1. The highest BCUT2D eigenvalue weighted by molar-refractivity contribution is 6.31. The molecule has 0 fully saturated rings. The Morgan fingerprint density at radius 2 is 1.94 bits per heavy atom. The number of hydrogen-bond donors (Lipinski definition) is 1. The Balaban J connectivity index is 1.61. The zero-order valence-corrected chi connectivity index (χ0v) is 18.2. The second kappa shape index (κ2) is 8.91. The summed E-state index contributed by atoms with van der Waals surface area (Å²) in [7, 11) is 0. The molecule has 0 saturated carbocycles. The maximum atomic E-state index is 13.1. The number of fused-ring (bicyclic) bond motifs is 1. The van der Waals surface area contributed by atoms with Crippen LogP contribution in [0, 0.1) is 0 Å². The zero-order valence-electron chi connectivity index (χ0n) is 16.7. The van der Waals surface area contributed by atoms with E-state index >= 15 is 0 Å². The third-order valence-electron chi connectivity index (χ3n) is 4.72. The number of carbonyl (C=O) groups excluding carboxylic acids is 1. The molecule has 0 aliphatic heterocycles. The van der Waals surface area contributed by atoms with Gasteiger partial charge in [0.2, 0.25) is 0 Å². The van der Waals surface area contributed by atoms with Gasteiger partial charge in [0.15, 0.2) is 5.69 Å². The van der Waals surface area contributed by atoms with E-state index in [0.717, 1.165) is 12.1 Å². The predicted molar refractivity (Wildman–Crippen MR) is 121 cm³/mol. The van der Waals surface area contributed by atoms with Gasteiger partial charge < -0.3 is 9.88 Å². The van der Waals surface area contributed by atoms with E-state index in [4.69, 9.17) is 23.2 Å². The molecule has 0 aliphatic carbocycles. The van der Waals surface area contributed by atoms with E-state index in [-0.39, 0.29) is 18.0 Å². The first-order chi connectivity index (χ1) is 14.9. The van der Waals surface area contributed by atoms with Crippen molar-refractivity contribution in [3.05, 3.63) is 86.6 Å². The van der Waals surface area contributed by atoms with Gasteiger partial charge in [-0.05, 0) is 48.9 Å². The summed E-state index contributed by atoms with van der Waals surface area (Å²) in [6.45, 7) is 2.61. The van der Waals surface area contributed by atoms with Gasteiger partial charge in [-0.25, -0.2) is 9.67 Å². The number of nitrogens with zero attached hydrogens (tertiary/aromatic N) is 4. The number of carbonyl (C=O) groups is 1. The molecule has 158 valence electrons. The van der Waals surface area contributed by atoms with E-state index in [1.807, 2.05) is 19.1 Å². The third kappa shape index (κ3) is 4.62. The van der Waals surface area contributed by atoms with Gasteiger partial charge in [-0.15, -0.1) is 0 Å². The van der Waals surface area contributed by atoms with Crippen molar-refractivity contribution in [2.45, 2.75) is 19.9 Å². The minimum atomic E-state index is -0.272. The summed E-state index contributed by atoms with van der Waals surface area (Å²) in [6, 6.07) is 13.8. The Morgan fingerprint density at radius 3 is 2.71 bits per heavy atom. The Kier molecular flexibility index (Phi) is 6.06. The van der Waals surface area contributed by atoms with Crippen LogP contribution in [-0.2, 0) is 6.54 Å². The van der Waals surface area contributed by atoms with Crippen LogP contribution in [0.3, 0.4) is 0 Å². The van der Waals surface area contributed by atoms with Crippen LogP contribution in [0.15, 0.2) is 59.5 Å². The molecule has 9 heteroatoms. The van der Waals surface area contributed by atoms with Gasteiger partial charge in [0.05, 0.1) is 23.1 Å². The molecule has 0 spiro atoms. The number of rotatable bonds is 6. The number of aromatic nitrogens is 4. The van der Waals surface area contributed by atoms with Crippen LogP contribution < -0.4 is 5.56 Å². The molecule has 0 saturated heterocycles. The molecule has 0 atom stereocenters. The lowest BCUT2D eigenvalue weighted by molar-refractivity contribution is 0.0732. The first-order valence-electron chi connectivity index (χ1n) is 9.74. The summed E-state index contributed by atoms with van der Waals surface area (Å²) in [5, 5.41) is 5.92. The molecular weight excluding hydrogens is 437 g/mol. The van der Waals surface area contributed by atoms with E-state index in [1.165, 1.54) is 0 Å². The highest BCUT2D eigenvalue weighted by Gasteiger charge is 2.20. The van der Waals surface area contributed by atoms with E-state index in [0.29, 0.717) is 39.0 Å². The summed E-state index contributed by atoms with van der Waals surface area (Å²) in [5.74, 6) is 0.132. The molecule has 2 aromatic heterocycles. The highest BCUT2D eigenvalue weighted by atomic mass is 35.5. The van der Waals surface area contributed by atoms with E-state index in [2.05, 4.69) is 15.1 Å². The van der Waals surface area contributed by atoms with Crippen molar-refractivity contribution in [1.29, 1.82) is 0 Å². The Bertz CT molecular complexity index is 1310. The van der Waals surface area contributed by atoms with Crippen LogP contribution in [0.1, 0.15) is 29.7 Å². The average Bonchev–Trinajstić information content (AvgIpc) is 3.23. The summed E-state index contributed by atoms with van der Waals surface area (Å²) < 4.78 is 1.60. The van der Waals surface area contributed by atoms with Crippen LogP contribution in [-0.4, -0.2) is 37.1 Å². The second-order valence-corrected chi connectivity index (χ2v) is 7.90. The monoisotopic (exact) mass is 455 g/mol. The molecule has 2 aromatic carbocycles. The minimum absolute atomic E-state index is 0.147. The molecule has 0 radical (unpaired) electrons. The number of nitrogens with one attached hydrogen (secondary N) is 1. The van der Waals surface area contributed by atoms with Gasteiger partial charge >= 0.3 is 0 Å². The van der Waals surface area contributed by atoms with Crippen LogP contribution in [0.2, 0.25) is 10.0 Å². The van der Waals surface area contributed by atoms with E-state index in [9.17, 15) is 9.59 Å². The molecule has 2 heterocycles. The van der Waals surface area contributed by atoms with Crippen molar-refractivity contribution >= 4 is 40.0 Å². The van der Waals surface area contributed by atoms with Gasteiger partial charge in [0.25, 0.3) is 11.5 Å². The topological polar surface area (TPSA) is 83.9 Å². The number of hydrogen-bond acceptors (Lipinski definition) is 4. The van der Waals surface area contributed by atoms with Gasteiger partial charge in [-0.2, -0.15) is 5.10 Å². The molecular formula is C22H19Cl2N5O2. The second-order valence-electron chi connectivity index (χ2n) is 7.03. The predicted octanol–water partition coefficient (Wildman–Crippen LogP) is 4.47. The molecule has 4 rings (SSSR count). The SMILES string of the molecule is CCCN(Cc1nc2cc(Cl)ccc2c(=O)[nH]1)C(=O)c1ccn(-c2cccc(Cl)c2)n1. The number of aromatic amines is 1. The summed E-state index contributed by atoms with van der Waals surface area (Å²) >= 11 is 12.1. The lowest BCUT2D eigenvalue weighted by Gasteiger charge is -2.20. The van der Waals surface area contributed by atoms with E-state index < -0.39 is 0 Å². The first-order valence-corrected chi connectivity index (χ1v) is 10.5. The lowest BCUT2D eigenvalue weighted by Crippen LogP contribution is -2.33. The fourth-order valence-corrected chi connectivity index (χ4v) is 3.65. The van der Waals surface area contributed by atoms with Gasteiger partial charge in [0.1, 0.15) is 5.82 Å². The molecule has 31 heavy (non-hydrogen) atoms. The van der Waals surface area contributed by atoms with E-state index in [1.54, 1.807) is 52.2 Å². The van der Waals surface area contributed by atoms with Crippen molar-refractivity contribution in [2.24, 2.45) is 0 Å². The average molecular weight is 456 g/mol. The summed E-state index contributed by atoms with van der Waals surface area (Å²) in [4.78, 5) is 34.4. The molecule has 1 amide bonds. The van der Waals surface area contributed by atoms with Crippen molar-refractivity contribution in [3.8, 4) is 5.69 Å². The number of amides is 1. The van der Waals surface area contributed by atoms with Crippen molar-refractivity contribution < 1.29 is 4.79 Å². The van der Waals surface area contributed by atoms with Crippen LogP contribution in [0.4, 0.5) is 0 Å². The third-order valence-corrected chi connectivity index (χ3v) is 5.19. The molecule has 1 N–H and O–H groups in total. The number of halogens is 2. The quantitative estimate of drug-likeness (QED) is 0.464. The largest absolute Gasteiger partial charge is 0.330 e. The van der Waals surface area contributed by atoms with Crippen molar-refractivity contribution in [3.63, 3.8) is 0 Å². The summed E-state index contributed by atoms with van der Waals surface area (Å²) in [5.41, 5.74) is 1.26. The fraction of sp³-hybridized carbons (Fsp3) is 0.182. The van der Waals surface area contributed by atoms with Crippen molar-refractivity contribution in [1.82, 2.24) is 24.6 Å². The summed E-state index contributed by atoms with van der Waals surface area (Å²) in [6.07, 6.45) is 2.45. The highest BCUT2D eigenvalue weighted by Crippen LogP contribution is 2.17. The maximum absolute atomic E-state index is 13.1. The zero-order chi connectivity index (χ0) is 22.0. The van der Waals surface area contributed by atoms with Gasteiger partial charge in [-0.3, -0.25) is 9.59 Å². The Hall–Kier alpha value is -3.16. The molecule has 4 aromatic rings. The molecule has 0 aliphatic rings. The number of H-pyrrole nitrogens is 1. The van der Waals surface area contributed by atoms with Crippen molar-refractivity contribution in [2.75, 3.05) is 6.54 Å². The van der Waals surface area contributed by atoms with Crippen LogP contribution >= 0.6 is 23.2 Å². The minimum Gasteiger partial charge on any atom is -0.330 e. The molecule has 0 bridgehead atoms. The fourth-order valence-electron chi connectivity index (χ4n) is 3.30. The normalized spacial score (nSPS) is 11.1. The van der Waals surface area contributed by atoms with Gasteiger partial charge in [0, 0.05) is 22.8 Å². The molecule has 7 nitrogen and oxygen atoms in total. The Labute approximate surface area is 188 Å².